The molecular formula is C11H20F3NO. The lowest BCUT2D eigenvalue weighted by Gasteiger charge is -2.41. The quantitative estimate of drug-likeness (QED) is 0.800. The van der Waals surface area contributed by atoms with Crippen molar-refractivity contribution in [3.8, 4) is 0 Å². The summed E-state index contributed by atoms with van der Waals surface area (Å²) in [6, 6.07) is 0.358. The van der Waals surface area contributed by atoms with Crippen LogP contribution in [0.15, 0.2) is 0 Å². The van der Waals surface area contributed by atoms with E-state index >= 15 is 0 Å². The van der Waals surface area contributed by atoms with E-state index in [1.54, 1.807) is 0 Å². The Kier molecular flexibility index (Phi) is 3.90. The fraction of sp³-hybridized carbons (Fsp3) is 1.00. The zero-order chi connectivity index (χ0) is 12.6. The molecule has 0 aromatic carbocycles. The van der Waals surface area contributed by atoms with Crippen molar-refractivity contribution in [2.24, 2.45) is 5.92 Å². The summed E-state index contributed by atoms with van der Waals surface area (Å²) in [5.74, 6) is -0.678. The van der Waals surface area contributed by atoms with Crippen molar-refractivity contribution in [3.63, 3.8) is 0 Å². The van der Waals surface area contributed by atoms with Crippen LogP contribution in [0, 0.1) is 5.92 Å². The highest BCUT2D eigenvalue weighted by molar-refractivity contribution is 4.92. The Morgan fingerprint density at radius 2 is 1.62 bits per heavy atom. The molecule has 0 radical (unpaired) electrons. The normalized spacial score (nSPS) is 24.8. The van der Waals surface area contributed by atoms with Gasteiger partial charge in [0.05, 0.1) is 0 Å². The lowest BCUT2D eigenvalue weighted by molar-refractivity contribution is -0.276. The van der Waals surface area contributed by atoms with Gasteiger partial charge in [0.25, 0.3) is 0 Å². The molecule has 96 valence electrons. The van der Waals surface area contributed by atoms with E-state index in [1.807, 2.05) is 13.8 Å². The number of hydrogen-bond acceptors (Lipinski definition) is 2. The van der Waals surface area contributed by atoms with Gasteiger partial charge in [-0.2, -0.15) is 13.2 Å². The van der Waals surface area contributed by atoms with E-state index < -0.39 is 17.7 Å². The molecule has 0 aromatic heterocycles. The summed E-state index contributed by atoms with van der Waals surface area (Å²) in [6.07, 6.45) is -3.72. The molecule has 16 heavy (non-hydrogen) atoms. The summed E-state index contributed by atoms with van der Waals surface area (Å²) < 4.78 is 37.8. The SMILES string of the molecule is CC(C)N1CCC([C@](C)(O)C(F)(F)F)CC1. The highest BCUT2D eigenvalue weighted by Gasteiger charge is 2.54. The Morgan fingerprint density at radius 1 is 1.19 bits per heavy atom. The molecule has 2 nitrogen and oxygen atoms in total. The molecule has 1 fully saturated rings. The zero-order valence-corrected chi connectivity index (χ0v) is 10.0. The van der Waals surface area contributed by atoms with Gasteiger partial charge in [-0.1, -0.05) is 0 Å². The summed E-state index contributed by atoms with van der Waals surface area (Å²) in [6.45, 7) is 6.22. The average molecular weight is 239 g/mol. The second kappa shape index (κ2) is 4.53. The van der Waals surface area contributed by atoms with Gasteiger partial charge in [-0.3, -0.25) is 0 Å². The fourth-order valence-corrected chi connectivity index (χ4v) is 2.21. The van der Waals surface area contributed by atoms with Gasteiger partial charge in [-0.25, -0.2) is 0 Å². The van der Waals surface area contributed by atoms with Gasteiger partial charge in [0.15, 0.2) is 5.60 Å². The second-order valence-electron chi connectivity index (χ2n) is 5.05. The second-order valence-corrected chi connectivity index (χ2v) is 5.05. The average Bonchev–Trinajstić information content (AvgIpc) is 2.16. The number of nitrogens with zero attached hydrogens (tertiary/aromatic N) is 1. The van der Waals surface area contributed by atoms with Crippen LogP contribution in [0.2, 0.25) is 0 Å². The number of aliphatic hydroxyl groups is 1. The van der Waals surface area contributed by atoms with E-state index in [0.29, 0.717) is 32.0 Å². The van der Waals surface area contributed by atoms with Gasteiger partial charge in [0, 0.05) is 6.04 Å². The Morgan fingerprint density at radius 3 is 1.94 bits per heavy atom. The van der Waals surface area contributed by atoms with Gasteiger partial charge in [-0.15, -0.1) is 0 Å². The van der Waals surface area contributed by atoms with Crippen LogP contribution >= 0.6 is 0 Å². The smallest absolute Gasteiger partial charge is 0.380 e. The Labute approximate surface area is 94.4 Å². The molecule has 0 aromatic rings. The predicted octanol–water partition coefficient (Wildman–Crippen LogP) is 2.42. The van der Waals surface area contributed by atoms with Crippen LogP contribution in [-0.4, -0.2) is 40.9 Å². The van der Waals surface area contributed by atoms with E-state index in [-0.39, 0.29) is 0 Å². The minimum Gasteiger partial charge on any atom is -0.380 e. The summed E-state index contributed by atoms with van der Waals surface area (Å²) in [7, 11) is 0. The molecule has 0 spiro atoms. The van der Waals surface area contributed by atoms with Crippen molar-refractivity contribution < 1.29 is 18.3 Å². The molecule has 0 bridgehead atoms. The van der Waals surface area contributed by atoms with Crippen molar-refractivity contribution in [3.05, 3.63) is 0 Å². The van der Waals surface area contributed by atoms with Crippen LogP contribution in [0.1, 0.15) is 33.6 Å². The molecule has 1 atom stereocenters. The van der Waals surface area contributed by atoms with E-state index in [9.17, 15) is 18.3 Å². The molecular weight excluding hydrogens is 219 g/mol. The monoisotopic (exact) mass is 239 g/mol. The van der Waals surface area contributed by atoms with E-state index in [1.165, 1.54) is 0 Å². The number of rotatable bonds is 2. The van der Waals surface area contributed by atoms with Gasteiger partial charge in [-0.05, 0) is 52.6 Å². The van der Waals surface area contributed by atoms with Crippen molar-refractivity contribution in [1.29, 1.82) is 0 Å². The van der Waals surface area contributed by atoms with E-state index in [4.69, 9.17) is 0 Å². The summed E-state index contributed by atoms with van der Waals surface area (Å²) >= 11 is 0. The molecule has 1 N–H and O–H groups in total. The number of piperidine rings is 1. The minimum absolute atomic E-state index is 0.358. The summed E-state index contributed by atoms with van der Waals surface area (Å²) in [5, 5.41) is 9.56. The predicted molar refractivity (Wildman–Crippen MR) is 56.1 cm³/mol. The molecule has 0 aliphatic carbocycles. The molecule has 1 rings (SSSR count). The molecule has 0 amide bonds. The maximum absolute atomic E-state index is 12.6. The topological polar surface area (TPSA) is 23.5 Å². The van der Waals surface area contributed by atoms with Crippen molar-refractivity contribution in [2.45, 2.75) is 51.4 Å². The first-order valence-electron chi connectivity index (χ1n) is 5.69. The van der Waals surface area contributed by atoms with Crippen LogP contribution in [-0.2, 0) is 0 Å². The molecule has 1 aliphatic heterocycles. The van der Waals surface area contributed by atoms with Crippen LogP contribution in [0.4, 0.5) is 13.2 Å². The minimum atomic E-state index is -4.53. The Balaban J connectivity index is 2.60. The molecule has 5 heteroatoms. The van der Waals surface area contributed by atoms with Crippen LogP contribution in [0.3, 0.4) is 0 Å². The first-order chi connectivity index (χ1) is 7.16. The van der Waals surface area contributed by atoms with Crippen molar-refractivity contribution >= 4 is 0 Å². The van der Waals surface area contributed by atoms with E-state index in [2.05, 4.69) is 4.90 Å². The van der Waals surface area contributed by atoms with Gasteiger partial charge in [0.1, 0.15) is 0 Å². The lowest BCUT2D eigenvalue weighted by atomic mass is 9.81. The van der Waals surface area contributed by atoms with E-state index in [0.717, 1.165) is 6.92 Å². The molecule has 1 saturated heterocycles. The molecule has 1 aliphatic rings. The number of likely N-dealkylation sites (tertiary alicyclic amines) is 1. The molecule has 0 unspecified atom stereocenters. The third kappa shape index (κ3) is 2.69. The highest BCUT2D eigenvalue weighted by atomic mass is 19.4. The maximum Gasteiger partial charge on any atom is 0.417 e. The van der Waals surface area contributed by atoms with Crippen molar-refractivity contribution in [2.75, 3.05) is 13.1 Å². The largest absolute Gasteiger partial charge is 0.417 e. The van der Waals surface area contributed by atoms with Crippen molar-refractivity contribution in [1.82, 2.24) is 4.90 Å². The number of alkyl halides is 3. The van der Waals surface area contributed by atoms with Gasteiger partial charge >= 0.3 is 6.18 Å². The third-order valence-corrected chi connectivity index (χ3v) is 3.63. The lowest BCUT2D eigenvalue weighted by Crippen LogP contribution is -2.53. The van der Waals surface area contributed by atoms with Crippen LogP contribution in [0.25, 0.3) is 0 Å². The van der Waals surface area contributed by atoms with Gasteiger partial charge < -0.3 is 10.0 Å². The van der Waals surface area contributed by atoms with Gasteiger partial charge in [0.2, 0.25) is 0 Å². The highest BCUT2D eigenvalue weighted by Crippen LogP contribution is 2.40. The molecule has 1 heterocycles. The Hall–Kier alpha value is -0.290. The summed E-state index contributed by atoms with van der Waals surface area (Å²) in [4.78, 5) is 2.14. The Bertz CT molecular complexity index is 230. The van der Waals surface area contributed by atoms with Crippen LogP contribution in [0.5, 0.6) is 0 Å². The first kappa shape index (κ1) is 13.8. The fourth-order valence-electron chi connectivity index (χ4n) is 2.21. The standard InChI is InChI=1S/C11H20F3NO/c1-8(2)15-6-4-9(5-7-15)10(3,16)11(12,13)14/h8-9,16H,4-7H2,1-3H3/t10-/m0/s1. The maximum atomic E-state index is 12.6. The summed E-state index contributed by atoms with van der Waals surface area (Å²) in [5.41, 5.74) is -2.55. The number of halogens is 3. The van der Waals surface area contributed by atoms with Crippen LogP contribution < -0.4 is 0 Å². The first-order valence-corrected chi connectivity index (χ1v) is 5.69. The third-order valence-electron chi connectivity index (χ3n) is 3.63. The number of hydrogen-bond donors (Lipinski definition) is 1. The zero-order valence-electron chi connectivity index (χ0n) is 10.0. The molecule has 0 saturated carbocycles.